The fourth-order valence-corrected chi connectivity index (χ4v) is 9.50. The smallest absolute Gasteiger partial charge is 0.152 e. The summed E-state index contributed by atoms with van der Waals surface area (Å²) in [6.45, 7) is 0. The van der Waals surface area contributed by atoms with Gasteiger partial charge in [-0.1, -0.05) is 127 Å². The van der Waals surface area contributed by atoms with Crippen LogP contribution in [0.3, 0.4) is 0 Å². The Balaban J connectivity index is 1.17. The summed E-state index contributed by atoms with van der Waals surface area (Å²) in [5, 5.41) is 6.95. The summed E-state index contributed by atoms with van der Waals surface area (Å²) in [6.07, 6.45) is 0. The van der Waals surface area contributed by atoms with Gasteiger partial charge in [0.1, 0.15) is 11.2 Å². The van der Waals surface area contributed by atoms with Crippen LogP contribution >= 0.6 is 0 Å². The van der Waals surface area contributed by atoms with Crippen molar-refractivity contribution in [3.05, 3.63) is 182 Å². The van der Waals surface area contributed by atoms with E-state index in [1.54, 1.807) is 0 Å². The Morgan fingerprint density at radius 2 is 1.16 bits per heavy atom. The molecule has 0 bridgehead atoms. The number of nitrogens with zero attached hydrogens (tertiary/aromatic N) is 2. The van der Waals surface area contributed by atoms with Gasteiger partial charge < -0.3 is 18.6 Å². The fraction of sp³-hybridized carbons (Fsp3) is 0. The van der Waals surface area contributed by atoms with Gasteiger partial charge in [-0.2, -0.15) is 0 Å². The third-order valence-electron chi connectivity index (χ3n) is 11.9. The standard InChI is InChI=1S/C52H30N2O2/c1-2-13-31(14-3-1)40-29-34(30-41-36-18-9-11-23-46(36)56-52(40)41)53-42-22-10-8-20-39(42)50-43(53)25-26-44-49(50)37-19-7-6-17-35(37)38-21-12-24-47-51(38)54(44)45-27-32-15-4-5-16-33(32)28-48(45)55-47/h1-30H. The van der Waals surface area contributed by atoms with E-state index in [1.807, 2.05) is 6.07 Å². The molecule has 0 amide bonds. The van der Waals surface area contributed by atoms with Crippen LogP contribution in [0, 0.1) is 0 Å². The van der Waals surface area contributed by atoms with Crippen molar-refractivity contribution in [2.24, 2.45) is 0 Å². The van der Waals surface area contributed by atoms with E-state index in [9.17, 15) is 0 Å². The molecule has 0 spiro atoms. The number of fused-ring (bicyclic) bond motifs is 15. The first-order valence-corrected chi connectivity index (χ1v) is 19.1. The molecule has 2 aliphatic rings. The number of benzene rings is 9. The molecule has 56 heavy (non-hydrogen) atoms. The molecule has 0 unspecified atom stereocenters. The maximum Gasteiger partial charge on any atom is 0.152 e. The van der Waals surface area contributed by atoms with E-state index in [0.29, 0.717) is 0 Å². The molecule has 2 aromatic heterocycles. The van der Waals surface area contributed by atoms with E-state index in [-0.39, 0.29) is 0 Å². The lowest BCUT2D eigenvalue weighted by molar-refractivity contribution is 0.478. The second kappa shape index (κ2) is 11.0. The molecule has 2 aliphatic heterocycles. The van der Waals surface area contributed by atoms with Gasteiger partial charge in [0.25, 0.3) is 0 Å². The van der Waals surface area contributed by atoms with E-state index in [2.05, 4.69) is 185 Å². The SMILES string of the molecule is c1ccc(-c2cc(-n3c4ccccc4c4c5c(ccc43)N3c4cc6ccccc6cc4Oc4cccc(c43)-c3ccccc3-5)cc3c2oc2ccccc23)cc1. The van der Waals surface area contributed by atoms with Crippen LogP contribution in [0.15, 0.2) is 186 Å². The van der Waals surface area contributed by atoms with Gasteiger partial charge in [-0.3, -0.25) is 0 Å². The number of hydrogen-bond donors (Lipinski definition) is 0. The zero-order chi connectivity index (χ0) is 36.5. The monoisotopic (exact) mass is 714 g/mol. The third-order valence-corrected chi connectivity index (χ3v) is 11.9. The molecular formula is C52H30N2O2. The van der Waals surface area contributed by atoms with Crippen LogP contribution < -0.4 is 9.64 Å². The van der Waals surface area contributed by atoms with E-state index in [1.165, 1.54) is 32.8 Å². The molecule has 0 radical (unpaired) electrons. The van der Waals surface area contributed by atoms with Crippen molar-refractivity contribution in [3.8, 4) is 50.6 Å². The predicted molar refractivity (Wildman–Crippen MR) is 230 cm³/mol. The van der Waals surface area contributed by atoms with Crippen molar-refractivity contribution in [3.63, 3.8) is 0 Å². The molecule has 13 rings (SSSR count). The summed E-state index contributed by atoms with van der Waals surface area (Å²) in [5.41, 5.74) is 15.3. The summed E-state index contributed by atoms with van der Waals surface area (Å²) in [7, 11) is 0. The molecule has 0 saturated heterocycles. The van der Waals surface area contributed by atoms with E-state index in [0.717, 1.165) is 89.3 Å². The van der Waals surface area contributed by atoms with Crippen molar-refractivity contribution < 1.29 is 9.15 Å². The molecule has 0 fully saturated rings. The van der Waals surface area contributed by atoms with Crippen LogP contribution in [-0.4, -0.2) is 4.57 Å². The molecule has 0 N–H and O–H groups in total. The van der Waals surface area contributed by atoms with Crippen molar-refractivity contribution in [2.75, 3.05) is 4.90 Å². The zero-order valence-corrected chi connectivity index (χ0v) is 30.0. The maximum atomic E-state index is 6.79. The lowest BCUT2D eigenvalue weighted by atomic mass is 9.92. The number of para-hydroxylation sites is 3. The number of ether oxygens (including phenoxy) is 1. The number of hydrogen-bond acceptors (Lipinski definition) is 3. The minimum atomic E-state index is 0.849. The minimum absolute atomic E-state index is 0.849. The summed E-state index contributed by atoms with van der Waals surface area (Å²) < 4.78 is 15.9. The normalized spacial score (nSPS) is 12.8. The first-order chi connectivity index (χ1) is 27.8. The second-order valence-electron chi connectivity index (χ2n) is 14.8. The minimum Gasteiger partial charge on any atom is -0.455 e. The van der Waals surface area contributed by atoms with Crippen molar-refractivity contribution in [1.82, 2.24) is 4.57 Å². The Kier molecular flexibility index (Phi) is 5.86. The highest BCUT2D eigenvalue weighted by Crippen LogP contribution is 2.61. The van der Waals surface area contributed by atoms with Gasteiger partial charge in [0.15, 0.2) is 11.5 Å². The Hall–Kier alpha value is -7.56. The molecule has 9 aromatic carbocycles. The van der Waals surface area contributed by atoms with E-state index < -0.39 is 0 Å². The van der Waals surface area contributed by atoms with Gasteiger partial charge in [0.05, 0.1) is 28.1 Å². The summed E-state index contributed by atoms with van der Waals surface area (Å²) in [6, 6.07) is 65.4. The molecule has 0 atom stereocenters. The van der Waals surface area contributed by atoms with Crippen molar-refractivity contribution in [2.45, 2.75) is 0 Å². The van der Waals surface area contributed by atoms with Crippen LogP contribution in [0.5, 0.6) is 11.5 Å². The highest BCUT2D eigenvalue weighted by Gasteiger charge is 2.35. The number of anilines is 3. The largest absolute Gasteiger partial charge is 0.455 e. The van der Waals surface area contributed by atoms with Gasteiger partial charge in [0.2, 0.25) is 0 Å². The van der Waals surface area contributed by atoms with Crippen molar-refractivity contribution in [1.29, 1.82) is 0 Å². The Morgan fingerprint density at radius 3 is 2.05 bits per heavy atom. The highest BCUT2D eigenvalue weighted by molar-refractivity contribution is 6.22. The van der Waals surface area contributed by atoms with E-state index >= 15 is 0 Å². The first kappa shape index (κ1) is 29.8. The number of rotatable bonds is 2. The molecule has 0 aliphatic carbocycles. The van der Waals surface area contributed by atoms with Gasteiger partial charge in [-0.25, -0.2) is 0 Å². The highest BCUT2D eigenvalue weighted by atomic mass is 16.5. The van der Waals surface area contributed by atoms with Crippen LogP contribution in [0.25, 0.3) is 93.6 Å². The molecular weight excluding hydrogens is 685 g/mol. The molecule has 0 saturated carbocycles. The lowest BCUT2D eigenvalue weighted by Crippen LogP contribution is -2.16. The molecule has 11 aromatic rings. The second-order valence-corrected chi connectivity index (χ2v) is 14.8. The van der Waals surface area contributed by atoms with Crippen LogP contribution in [0.1, 0.15) is 0 Å². The number of aromatic nitrogens is 1. The molecule has 4 heteroatoms. The first-order valence-electron chi connectivity index (χ1n) is 19.1. The average molecular weight is 715 g/mol. The Bertz CT molecular complexity index is 3460. The molecule has 4 nitrogen and oxygen atoms in total. The van der Waals surface area contributed by atoms with Gasteiger partial charge in [0, 0.05) is 43.9 Å². The Morgan fingerprint density at radius 1 is 0.429 bits per heavy atom. The predicted octanol–water partition coefficient (Wildman–Crippen LogP) is 14.7. The third kappa shape index (κ3) is 3.97. The molecule has 4 heterocycles. The van der Waals surface area contributed by atoms with Crippen LogP contribution in [0.4, 0.5) is 17.1 Å². The van der Waals surface area contributed by atoms with Gasteiger partial charge in [-0.15, -0.1) is 0 Å². The average Bonchev–Trinajstić information content (AvgIpc) is 3.76. The van der Waals surface area contributed by atoms with Crippen LogP contribution in [-0.2, 0) is 0 Å². The van der Waals surface area contributed by atoms with Crippen LogP contribution in [0.2, 0.25) is 0 Å². The van der Waals surface area contributed by atoms with Gasteiger partial charge in [-0.05, 0) is 82.1 Å². The Labute approximate surface area is 321 Å². The fourth-order valence-electron chi connectivity index (χ4n) is 9.50. The zero-order valence-electron chi connectivity index (χ0n) is 30.0. The quantitative estimate of drug-likeness (QED) is 0.179. The summed E-state index contributed by atoms with van der Waals surface area (Å²) in [5.74, 6) is 1.70. The summed E-state index contributed by atoms with van der Waals surface area (Å²) in [4.78, 5) is 2.45. The number of furan rings is 1. The van der Waals surface area contributed by atoms with Gasteiger partial charge >= 0.3 is 0 Å². The van der Waals surface area contributed by atoms with Crippen molar-refractivity contribution >= 4 is 71.6 Å². The summed E-state index contributed by atoms with van der Waals surface area (Å²) >= 11 is 0. The van der Waals surface area contributed by atoms with E-state index in [4.69, 9.17) is 9.15 Å². The maximum absolute atomic E-state index is 6.79. The topological polar surface area (TPSA) is 30.5 Å². The lowest BCUT2D eigenvalue weighted by Gasteiger charge is -2.34. The molecule has 260 valence electrons.